The van der Waals surface area contributed by atoms with Crippen LogP contribution >= 0.6 is 0 Å². The molecule has 0 aliphatic carbocycles. The summed E-state index contributed by atoms with van der Waals surface area (Å²) in [5.74, 6) is 0.735. The van der Waals surface area contributed by atoms with Crippen LogP contribution in [-0.2, 0) is 11.3 Å². The topological polar surface area (TPSA) is 82.5 Å². The van der Waals surface area contributed by atoms with Gasteiger partial charge in [0.05, 0.1) is 18.3 Å². The lowest BCUT2D eigenvalue weighted by molar-refractivity contribution is -0.122. The summed E-state index contributed by atoms with van der Waals surface area (Å²) in [7, 11) is 0. The Morgan fingerprint density at radius 3 is 2.70 bits per heavy atom. The molecule has 4 rings (SSSR count). The number of ether oxygens (including phenoxy) is 2. The molecule has 1 atom stereocenters. The summed E-state index contributed by atoms with van der Waals surface area (Å²) in [4.78, 5) is 24.5. The molecule has 30 heavy (non-hydrogen) atoms. The SMILES string of the molecule is C[C@H](NC(=O)CCn1nc(-c2ccc3c(c2)OCO3)ccc1=O)c1ccc(F)cc1. The van der Waals surface area contributed by atoms with Crippen molar-refractivity contribution in [2.75, 3.05) is 6.79 Å². The van der Waals surface area contributed by atoms with Gasteiger partial charge in [-0.3, -0.25) is 9.59 Å². The van der Waals surface area contributed by atoms with Crippen molar-refractivity contribution in [3.8, 4) is 22.8 Å². The molecule has 3 aromatic rings. The van der Waals surface area contributed by atoms with Gasteiger partial charge >= 0.3 is 0 Å². The third-order valence-corrected chi connectivity index (χ3v) is 4.83. The lowest BCUT2D eigenvalue weighted by atomic mass is 10.1. The van der Waals surface area contributed by atoms with Gasteiger partial charge in [0.2, 0.25) is 12.7 Å². The van der Waals surface area contributed by atoms with Gasteiger partial charge in [0.25, 0.3) is 5.56 Å². The zero-order valence-corrected chi connectivity index (χ0v) is 16.3. The maximum atomic E-state index is 13.0. The zero-order chi connectivity index (χ0) is 21.1. The predicted molar refractivity (Wildman–Crippen MR) is 108 cm³/mol. The molecule has 2 heterocycles. The van der Waals surface area contributed by atoms with Crippen molar-refractivity contribution in [2.24, 2.45) is 0 Å². The van der Waals surface area contributed by atoms with Gasteiger partial charge in [-0.1, -0.05) is 12.1 Å². The Kier molecular flexibility index (Phi) is 5.47. The van der Waals surface area contributed by atoms with E-state index in [0.29, 0.717) is 17.2 Å². The molecule has 1 aliphatic heterocycles. The van der Waals surface area contributed by atoms with E-state index in [0.717, 1.165) is 11.1 Å². The Morgan fingerprint density at radius 2 is 1.90 bits per heavy atom. The molecule has 1 N–H and O–H groups in total. The average molecular weight is 409 g/mol. The molecule has 7 nitrogen and oxygen atoms in total. The molecule has 1 aromatic heterocycles. The summed E-state index contributed by atoms with van der Waals surface area (Å²) in [6.45, 7) is 2.13. The molecule has 0 unspecified atom stereocenters. The van der Waals surface area contributed by atoms with Crippen LogP contribution in [0.2, 0.25) is 0 Å². The Labute approximate surface area is 172 Å². The highest BCUT2D eigenvalue weighted by atomic mass is 19.1. The number of hydrogen-bond donors (Lipinski definition) is 1. The van der Waals surface area contributed by atoms with Gasteiger partial charge in [0.1, 0.15) is 5.82 Å². The quantitative estimate of drug-likeness (QED) is 0.677. The smallest absolute Gasteiger partial charge is 0.266 e. The summed E-state index contributed by atoms with van der Waals surface area (Å²) in [6.07, 6.45) is 0.0863. The Bertz CT molecular complexity index is 1130. The van der Waals surface area contributed by atoms with Gasteiger partial charge in [0.15, 0.2) is 11.5 Å². The minimum absolute atomic E-state index is 0.0863. The van der Waals surface area contributed by atoms with E-state index in [-0.39, 0.29) is 43.1 Å². The van der Waals surface area contributed by atoms with E-state index in [9.17, 15) is 14.0 Å². The molecule has 0 radical (unpaired) electrons. The van der Waals surface area contributed by atoms with E-state index in [2.05, 4.69) is 10.4 Å². The number of hydrogen-bond acceptors (Lipinski definition) is 5. The molecule has 8 heteroatoms. The fourth-order valence-corrected chi connectivity index (χ4v) is 3.17. The van der Waals surface area contributed by atoms with Crippen molar-refractivity contribution in [2.45, 2.75) is 25.9 Å². The maximum absolute atomic E-state index is 13.0. The van der Waals surface area contributed by atoms with E-state index in [4.69, 9.17) is 9.47 Å². The Morgan fingerprint density at radius 1 is 1.13 bits per heavy atom. The molecule has 0 fully saturated rings. The highest BCUT2D eigenvalue weighted by Crippen LogP contribution is 2.35. The Hall–Kier alpha value is -3.68. The van der Waals surface area contributed by atoms with Crippen molar-refractivity contribution in [1.29, 1.82) is 0 Å². The fraction of sp³-hybridized carbons (Fsp3) is 0.227. The number of aryl methyl sites for hydroxylation is 1. The normalized spacial score (nSPS) is 13.1. The first-order valence-corrected chi connectivity index (χ1v) is 9.52. The second kappa shape index (κ2) is 8.36. The first kappa shape index (κ1) is 19.6. The van der Waals surface area contributed by atoms with E-state index in [1.165, 1.54) is 22.9 Å². The molecular weight excluding hydrogens is 389 g/mol. The van der Waals surface area contributed by atoms with Gasteiger partial charge < -0.3 is 14.8 Å². The maximum Gasteiger partial charge on any atom is 0.266 e. The van der Waals surface area contributed by atoms with Crippen LogP contribution in [0.5, 0.6) is 11.5 Å². The summed E-state index contributed by atoms with van der Waals surface area (Å²) in [5, 5.41) is 7.22. The van der Waals surface area contributed by atoms with Crippen molar-refractivity contribution in [1.82, 2.24) is 15.1 Å². The van der Waals surface area contributed by atoms with Crippen LogP contribution in [-0.4, -0.2) is 22.5 Å². The van der Waals surface area contributed by atoms with Gasteiger partial charge in [-0.05, 0) is 48.9 Å². The summed E-state index contributed by atoms with van der Waals surface area (Å²) in [5.41, 5.74) is 1.87. The summed E-state index contributed by atoms with van der Waals surface area (Å²) < 4.78 is 25.0. The highest BCUT2D eigenvalue weighted by molar-refractivity contribution is 5.76. The molecule has 1 aliphatic rings. The van der Waals surface area contributed by atoms with Gasteiger partial charge in [-0.15, -0.1) is 0 Å². The first-order valence-electron chi connectivity index (χ1n) is 9.52. The van der Waals surface area contributed by atoms with Crippen molar-refractivity contribution in [3.63, 3.8) is 0 Å². The second-order valence-corrected chi connectivity index (χ2v) is 6.94. The van der Waals surface area contributed by atoms with Gasteiger partial charge in [-0.2, -0.15) is 5.10 Å². The standard InChI is InChI=1S/C22H20FN3O4/c1-14(15-2-5-17(23)6-3-15)24-21(27)10-11-26-22(28)9-7-18(25-26)16-4-8-19-20(12-16)30-13-29-19/h2-9,12,14H,10-11,13H2,1H3,(H,24,27)/t14-/m0/s1. The molecule has 0 saturated heterocycles. The largest absolute Gasteiger partial charge is 0.454 e. The minimum Gasteiger partial charge on any atom is -0.454 e. The first-order chi connectivity index (χ1) is 14.5. The van der Waals surface area contributed by atoms with Crippen LogP contribution in [0.25, 0.3) is 11.3 Å². The number of benzene rings is 2. The number of nitrogens with zero attached hydrogens (tertiary/aromatic N) is 2. The Balaban J connectivity index is 1.42. The lowest BCUT2D eigenvalue weighted by Crippen LogP contribution is -2.30. The summed E-state index contributed by atoms with van der Waals surface area (Å²) in [6, 6.07) is 14.2. The number of fused-ring (bicyclic) bond motifs is 1. The van der Waals surface area contributed by atoms with Crippen LogP contribution in [0.4, 0.5) is 4.39 Å². The van der Waals surface area contributed by atoms with E-state index >= 15 is 0 Å². The highest BCUT2D eigenvalue weighted by Gasteiger charge is 2.15. The number of carbonyl (C=O) groups is 1. The molecule has 0 spiro atoms. The van der Waals surface area contributed by atoms with E-state index < -0.39 is 0 Å². The van der Waals surface area contributed by atoms with Gasteiger partial charge in [0, 0.05) is 18.1 Å². The third-order valence-electron chi connectivity index (χ3n) is 4.83. The predicted octanol–water partition coefficient (Wildman–Crippen LogP) is 3.05. The molecular formula is C22H20FN3O4. The number of aromatic nitrogens is 2. The van der Waals surface area contributed by atoms with Crippen LogP contribution < -0.4 is 20.3 Å². The number of amides is 1. The number of halogens is 1. The minimum atomic E-state index is -0.329. The van der Waals surface area contributed by atoms with E-state index in [1.54, 1.807) is 30.3 Å². The molecule has 1 amide bonds. The number of carbonyl (C=O) groups excluding carboxylic acids is 1. The molecule has 0 saturated carbocycles. The molecule has 0 bridgehead atoms. The third kappa shape index (κ3) is 4.32. The van der Waals surface area contributed by atoms with E-state index in [1.807, 2.05) is 13.0 Å². The average Bonchev–Trinajstić information content (AvgIpc) is 3.21. The van der Waals surface area contributed by atoms with Crippen LogP contribution in [0.3, 0.4) is 0 Å². The molecule has 154 valence electrons. The monoisotopic (exact) mass is 409 g/mol. The van der Waals surface area contributed by atoms with Crippen molar-refractivity contribution < 1.29 is 18.7 Å². The molecule has 2 aromatic carbocycles. The van der Waals surface area contributed by atoms with Crippen molar-refractivity contribution >= 4 is 5.91 Å². The summed E-state index contributed by atoms with van der Waals surface area (Å²) >= 11 is 0. The van der Waals surface area contributed by atoms with Crippen LogP contribution in [0, 0.1) is 5.82 Å². The van der Waals surface area contributed by atoms with Crippen LogP contribution in [0.15, 0.2) is 59.4 Å². The zero-order valence-electron chi connectivity index (χ0n) is 16.3. The van der Waals surface area contributed by atoms with Crippen LogP contribution in [0.1, 0.15) is 24.9 Å². The van der Waals surface area contributed by atoms with Crippen molar-refractivity contribution in [3.05, 3.63) is 76.3 Å². The van der Waals surface area contributed by atoms with Gasteiger partial charge in [-0.25, -0.2) is 9.07 Å². The number of nitrogens with one attached hydrogen (secondary N) is 1. The fourth-order valence-electron chi connectivity index (χ4n) is 3.17. The lowest BCUT2D eigenvalue weighted by Gasteiger charge is -2.14. The number of rotatable bonds is 6. The second-order valence-electron chi connectivity index (χ2n) is 6.94.